The van der Waals surface area contributed by atoms with Gasteiger partial charge in [0.1, 0.15) is 0 Å². The summed E-state index contributed by atoms with van der Waals surface area (Å²) in [6.07, 6.45) is 5.97. The van der Waals surface area contributed by atoms with Gasteiger partial charge < -0.3 is 9.47 Å². The van der Waals surface area contributed by atoms with Gasteiger partial charge in [0, 0.05) is 38.8 Å². The van der Waals surface area contributed by atoms with Crippen LogP contribution in [0.3, 0.4) is 0 Å². The van der Waals surface area contributed by atoms with Crippen LogP contribution in [-0.4, -0.2) is 55.7 Å². The third-order valence-corrected chi connectivity index (χ3v) is 6.51. The molecule has 4 heteroatoms. The fraction of sp³-hybridized carbons (Fsp3) is 0.714. The van der Waals surface area contributed by atoms with Crippen LogP contribution in [0.4, 0.5) is 0 Å². The molecule has 0 amide bonds. The summed E-state index contributed by atoms with van der Waals surface area (Å²) in [6.45, 7) is 8.54. The zero-order valence-corrected chi connectivity index (χ0v) is 15.7. The van der Waals surface area contributed by atoms with Crippen LogP contribution < -0.4 is 9.47 Å². The Bertz CT molecular complexity index is 583. The van der Waals surface area contributed by atoms with E-state index in [2.05, 4.69) is 21.9 Å². The van der Waals surface area contributed by atoms with E-state index in [1.165, 1.54) is 57.4 Å². The highest BCUT2D eigenvalue weighted by molar-refractivity contribution is 5.43. The number of ether oxygens (including phenoxy) is 2. The average molecular weight is 344 g/mol. The van der Waals surface area contributed by atoms with E-state index in [0.717, 1.165) is 35.9 Å². The third-order valence-electron chi connectivity index (χ3n) is 6.51. The molecule has 138 valence electrons. The van der Waals surface area contributed by atoms with Crippen molar-refractivity contribution in [2.75, 3.05) is 39.9 Å². The summed E-state index contributed by atoms with van der Waals surface area (Å²) in [5, 5.41) is 0. The first-order valence-electron chi connectivity index (χ1n) is 10.0. The number of methoxy groups -OCH3 is 1. The Kier molecular flexibility index (Phi) is 5.18. The lowest BCUT2D eigenvalue weighted by atomic mass is 9.93. The molecule has 3 unspecified atom stereocenters. The average Bonchev–Trinajstić information content (AvgIpc) is 3.26. The Balaban J connectivity index is 1.32. The Labute approximate surface area is 152 Å². The second kappa shape index (κ2) is 7.55. The Morgan fingerprint density at radius 1 is 1.04 bits per heavy atom. The van der Waals surface area contributed by atoms with E-state index in [1.54, 1.807) is 7.11 Å². The van der Waals surface area contributed by atoms with Gasteiger partial charge in [0.15, 0.2) is 11.5 Å². The SMILES string of the molecule is CCOc1cc(CN2CCN(C3CC4CCC3C4)CC2)ccc1OC. The molecular weight excluding hydrogens is 312 g/mol. The van der Waals surface area contributed by atoms with Crippen molar-refractivity contribution < 1.29 is 9.47 Å². The summed E-state index contributed by atoms with van der Waals surface area (Å²) >= 11 is 0. The van der Waals surface area contributed by atoms with Crippen LogP contribution in [0.15, 0.2) is 18.2 Å². The molecular formula is C21H32N2O2. The van der Waals surface area contributed by atoms with Gasteiger partial charge in [-0.15, -0.1) is 0 Å². The minimum absolute atomic E-state index is 0.669. The van der Waals surface area contributed by atoms with E-state index < -0.39 is 0 Å². The van der Waals surface area contributed by atoms with Crippen LogP contribution in [-0.2, 0) is 6.54 Å². The van der Waals surface area contributed by atoms with E-state index in [-0.39, 0.29) is 0 Å². The van der Waals surface area contributed by atoms with Gasteiger partial charge in [0.05, 0.1) is 13.7 Å². The highest BCUT2D eigenvalue weighted by Gasteiger charge is 2.42. The molecule has 4 rings (SSSR count). The molecule has 2 saturated carbocycles. The van der Waals surface area contributed by atoms with Crippen molar-refractivity contribution in [3.63, 3.8) is 0 Å². The Morgan fingerprint density at radius 3 is 2.52 bits per heavy atom. The quantitative estimate of drug-likeness (QED) is 0.790. The highest BCUT2D eigenvalue weighted by Crippen LogP contribution is 2.46. The molecule has 2 bridgehead atoms. The van der Waals surface area contributed by atoms with Crippen molar-refractivity contribution in [1.82, 2.24) is 9.80 Å². The van der Waals surface area contributed by atoms with E-state index in [0.29, 0.717) is 6.61 Å². The minimum atomic E-state index is 0.669. The standard InChI is InChI=1S/C21H32N2O2/c1-3-25-21-14-17(5-7-20(21)24-2)15-22-8-10-23(11-9-22)19-13-16-4-6-18(19)12-16/h5,7,14,16,18-19H,3-4,6,8-13,15H2,1-2H3. The number of fused-ring (bicyclic) bond motifs is 2. The predicted octanol–water partition coefficient (Wildman–Crippen LogP) is 3.40. The number of hydrogen-bond acceptors (Lipinski definition) is 4. The molecule has 0 N–H and O–H groups in total. The normalized spacial score (nSPS) is 29.9. The van der Waals surface area contributed by atoms with Gasteiger partial charge in [0.2, 0.25) is 0 Å². The van der Waals surface area contributed by atoms with Gasteiger partial charge in [-0.1, -0.05) is 12.5 Å². The van der Waals surface area contributed by atoms with Crippen LogP contribution in [0.1, 0.15) is 38.2 Å². The van der Waals surface area contributed by atoms with E-state index >= 15 is 0 Å². The van der Waals surface area contributed by atoms with Crippen LogP contribution in [0, 0.1) is 11.8 Å². The molecule has 0 radical (unpaired) electrons. The van der Waals surface area contributed by atoms with Crippen LogP contribution in [0.25, 0.3) is 0 Å². The number of nitrogens with zero attached hydrogens (tertiary/aromatic N) is 2. The molecule has 3 atom stereocenters. The second-order valence-corrected chi connectivity index (χ2v) is 7.97. The number of rotatable bonds is 6. The molecule has 1 aromatic carbocycles. The molecule has 1 saturated heterocycles. The van der Waals surface area contributed by atoms with Crippen molar-refractivity contribution in [2.24, 2.45) is 11.8 Å². The second-order valence-electron chi connectivity index (χ2n) is 7.97. The van der Waals surface area contributed by atoms with Crippen molar-refractivity contribution >= 4 is 0 Å². The highest BCUT2D eigenvalue weighted by atomic mass is 16.5. The maximum atomic E-state index is 5.72. The zero-order chi connectivity index (χ0) is 17.2. The van der Waals surface area contributed by atoms with Gasteiger partial charge in [-0.05, 0) is 55.7 Å². The molecule has 2 aliphatic carbocycles. The summed E-state index contributed by atoms with van der Waals surface area (Å²) in [5.74, 6) is 3.74. The molecule has 4 nitrogen and oxygen atoms in total. The minimum Gasteiger partial charge on any atom is -0.493 e. The summed E-state index contributed by atoms with van der Waals surface area (Å²) < 4.78 is 11.1. The molecule has 1 aliphatic heterocycles. The van der Waals surface area contributed by atoms with Crippen molar-refractivity contribution in [3.05, 3.63) is 23.8 Å². The Morgan fingerprint density at radius 2 is 1.88 bits per heavy atom. The van der Waals surface area contributed by atoms with Crippen LogP contribution in [0.5, 0.6) is 11.5 Å². The molecule has 0 aromatic heterocycles. The summed E-state index contributed by atoms with van der Waals surface area (Å²) in [4.78, 5) is 5.38. The molecule has 0 spiro atoms. The molecule has 3 fully saturated rings. The maximum Gasteiger partial charge on any atom is 0.161 e. The lowest BCUT2D eigenvalue weighted by Crippen LogP contribution is -2.51. The van der Waals surface area contributed by atoms with E-state index in [4.69, 9.17) is 9.47 Å². The van der Waals surface area contributed by atoms with Crippen molar-refractivity contribution in [2.45, 2.75) is 45.2 Å². The number of hydrogen-bond donors (Lipinski definition) is 0. The van der Waals surface area contributed by atoms with Crippen LogP contribution >= 0.6 is 0 Å². The predicted molar refractivity (Wildman–Crippen MR) is 100 cm³/mol. The van der Waals surface area contributed by atoms with Gasteiger partial charge in [-0.3, -0.25) is 9.80 Å². The fourth-order valence-corrected chi connectivity index (χ4v) is 5.26. The van der Waals surface area contributed by atoms with Gasteiger partial charge in [0.25, 0.3) is 0 Å². The first kappa shape index (κ1) is 17.2. The van der Waals surface area contributed by atoms with Crippen LogP contribution in [0.2, 0.25) is 0 Å². The first-order valence-corrected chi connectivity index (χ1v) is 10.0. The molecule has 25 heavy (non-hydrogen) atoms. The topological polar surface area (TPSA) is 24.9 Å². The first-order chi connectivity index (χ1) is 12.3. The van der Waals surface area contributed by atoms with Crippen molar-refractivity contribution in [1.29, 1.82) is 0 Å². The van der Waals surface area contributed by atoms with Gasteiger partial charge in [-0.2, -0.15) is 0 Å². The molecule has 1 aromatic rings. The van der Waals surface area contributed by atoms with E-state index in [9.17, 15) is 0 Å². The lowest BCUT2D eigenvalue weighted by Gasteiger charge is -2.41. The molecule has 3 aliphatic rings. The fourth-order valence-electron chi connectivity index (χ4n) is 5.26. The summed E-state index contributed by atoms with van der Waals surface area (Å²) in [5.41, 5.74) is 1.32. The number of benzene rings is 1. The maximum absolute atomic E-state index is 5.72. The summed E-state index contributed by atoms with van der Waals surface area (Å²) in [6, 6.07) is 7.24. The van der Waals surface area contributed by atoms with Gasteiger partial charge in [-0.25, -0.2) is 0 Å². The lowest BCUT2D eigenvalue weighted by molar-refractivity contribution is 0.0679. The Hall–Kier alpha value is -1.26. The third kappa shape index (κ3) is 3.65. The van der Waals surface area contributed by atoms with Crippen molar-refractivity contribution in [3.8, 4) is 11.5 Å². The zero-order valence-electron chi connectivity index (χ0n) is 15.7. The molecule has 1 heterocycles. The van der Waals surface area contributed by atoms with Gasteiger partial charge >= 0.3 is 0 Å². The largest absolute Gasteiger partial charge is 0.493 e. The number of piperazine rings is 1. The monoisotopic (exact) mass is 344 g/mol. The van der Waals surface area contributed by atoms with E-state index in [1.807, 2.05) is 13.0 Å². The summed E-state index contributed by atoms with van der Waals surface area (Å²) in [7, 11) is 1.70. The smallest absolute Gasteiger partial charge is 0.161 e.